The van der Waals surface area contributed by atoms with E-state index in [-0.39, 0.29) is 18.9 Å². The van der Waals surface area contributed by atoms with Crippen molar-refractivity contribution in [3.63, 3.8) is 0 Å². The number of hydrogen-bond donors (Lipinski definition) is 1. The first-order valence-corrected chi connectivity index (χ1v) is 10.3. The molecule has 0 radical (unpaired) electrons. The maximum absolute atomic E-state index is 12.1. The van der Waals surface area contributed by atoms with Crippen molar-refractivity contribution in [3.05, 3.63) is 29.8 Å². The largest absolute Gasteiger partial charge is 0.379 e. The molecule has 1 aliphatic heterocycles. The second kappa shape index (κ2) is 9.64. The number of carbonyl (C=O) groups excluding carboxylic acids is 1. The van der Waals surface area contributed by atoms with Crippen LogP contribution in [0, 0.1) is 11.3 Å². The molecule has 1 heterocycles. The molecular weight excluding hydrogens is 356 g/mol. The van der Waals surface area contributed by atoms with Crippen LogP contribution in [0.5, 0.6) is 0 Å². The van der Waals surface area contributed by atoms with Crippen molar-refractivity contribution < 1.29 is 17.9 Å². The van der Waals surface area contributed by atoms with Crippen molar-refractivity contribution >= 4 is 21.6 Å². The van der Waals surface area contributed by atoms with Gasteiger partial charge in [0, 0.05) is 44.8 Å². The zero-order chi connectivity index (χ0) is 19.0. The molecule has 1 aromatic rings. The average Bonchev–Trinajstić information content (AvgIpc) is 2.62. The molecule has 1 aliphatic rings. The molecule has 0 atom stereocenters. The number of nitrogens with one attached hydrogen (secondary N) is 1. The molecule has 1 aromatic carbocycles. The second-order valence-electron chi connectivity index (χ2n) is 6.10. The van der Waals surface area contributed by atoms with E-state index in [1.54, 1.807) is 24.3 Å². The summed E-state index contributed by atoms with van der Waals surface area (Å²) in [5, 5.41) is 11.5. The quantitative estimate of drug-likeness (QED) is 0.704. The summed E-state index contributed by atoms with van der Waals surface area (Å²) >= 11 is 0. The molecule has 0 aliphatic carbocycles. The number of rotatable bonds is 8. The van der Waals surface area contributed by atoms with E-state index in [0.29, 0.717) is 37.6 Å². The van der Waals surface area contributed by atoms with Crippen LogP contribution in [0.15, 0.2) is 24.3 Å². The topological polar surface area (TPSA) is 103 Å². The third-order valence-corrected chi connectivity index (χ3v) is 5.43. The van der Waals surface area contributed by atoms with Crippen LogP contribution >= 0.6 is 0 Å². The Morgan fingerprint density at radius 3 is 2.50 bits per heavy atom. The van der Waals surface area contributed by atoms with Gasteiger partial charge in [-0.25, -0.2) is 12.7 Å². The molecule has 26 heavy (non-hydrogen) atoms. The normalized spacial score (nSPS) is 15.6. The summed E-state index contributed by atoms with van der Waals surface area (Å²) in [6, 6.07) is 8.52. The molecule has 0 spiro atoms. The minimum absolute atomic E-state index is 0.0657. The number of sulfonamides is 1. The van der Waals surface area contributed by atoms with Crippen LogP contribution in [0.2, 0.25) is 0 Å². The van der Waals surface area contributed by atoms with Crippen LogP contribution in [-0.4, -0.2) is 75.7 Å². The molecule has 1 fully saturated rings. The number of morpholine rings is 1. The Hall–Kier alpha value is -1.99. The molecule has 1 saturated heterocycles. The van der Waals surface area contributed by atoms with Crippen molar-refractivity contribution in [2.75, 3.05) is 57.5 Å². The first-order chi connectivity index (χ1) is 12.4. The van der Waals surface area contributed by atoms with Crippen molar-refractivity contribution in [1.29, 1.82) is 5.26 Å². The molecule has 0 unspecified atom stereocenters. The van der Waals surface area contributed by atoms with E-state index >= 15 is 0 Å². The van der Waals surface area contributed by atoms with Gasteiger partial charge in [0.05, 0.1) is 31.1 Å². The maximum atomic E-state index is 12.1. The Balaban J connectivity index is 1.83. The van der Waals surface area contributed by atoms with Crippen LogP contribution in [0.1, 0.15) is 12.0 Å². The van der Waals surface area contributed by atoms with E-state index in [4.69, 9.17) is 10.00 Å². The number of ether oxygens (including phenoxy) is 1. The van der Waals surface area contributed by atoms with Crippen LogP contribution in [-0.2, 0) is 19.6 Å². The summed E-state index contributed by atoms with van der Waals surface area (Å²) in [7, 11) is -3.38. The number of amides is 1. The van der Waals surface area contributed by atoms with E-state index < -0.39 is 10.0 Å². The Morgan fingerprint density at radius 2 is 1.92 bits per heavy atom. The standard InChI is InChI=1S/C17H24N4O4S/c1-26(23,24)21(9-8-20-10-12-25-13-11-20)7-6-17(22)19-16-4-2-15(14-18)3-5-16/h2-5H,6-13H2,1H3,(H,19,22). The first kappa shape index (κ1) is 20.3. The lowest BCUT2D eigenvalue weighted by Gasteiger charge is -2.29. The monoisotopic (exact) mass is 380 g/mol. The van der Waals surface area contributed by atoms with Gasteiger partial charge in [0.15, 0.2) is 0 Å². The third-order valence-electron chi connectivity index (χ3n) is 4.12. The van der Waals surface area contributed by atoms with Gasteiger partial charge in [-0.3, -0.25) is 9.69 Å². The molecule has 2 rings (SSSR count). The number of nitriles is 1. The highest BCUT2D eigenvalue weighted by molar-refractivity contribution is 7.88. The minimum atomic E-state index is -3.38. The van der Waals surface area contributed by atoms with Crippen molar-refractivity contribution in [1.82, 2.24) is 9.21 Å². The number of nitrogens with zero attached hydrogens (tertiary/aromatic N) is 3. The number of carbonyl (C=O) groups is 1. The lowest BCUT2D eigenvalue weighted by atomic mass is 10.2. The highest BCUT2D eigenvalue weighted by Gasteiger charge is 2.20. The first-order valence-electron chi connectivity index (χ1n) is 8.44. The molecular formula is C17H24N4O4S. The summed E-state index contributed by atoms with van der Waals surface area (Å²) in [6.07, 6.45) is 1.22. The summed E-state index contributed by atoms with van der Waals surface area (Å²) in [5.74, 6) is -0.269. The predicted molar refractivity (Wildman–Crippen MR) is 98.1 cm³/mol. The fraction of sp³-hybridized carbons (Fsp3) is 0.529. The highest BCUT2D eigenvalue weighted by Crippen LogP contribution is 2.10. The van der Waals surface area contributed by atoms with Crippen molar-refractivity contribution in [2.24, 2.45) is 0 Å². The molecule has 0 aromatic heterocycles. The van der Waals surface area contributed by atoms with E-state index in [2.05, 4.69) is 10.2 Å². The maximum Gasteiger partial charge on any atom is 0.225 e. The van der Waals surface area contributed by atoms with Crippen LogP contribution in [0.3, 0.4) is 0 Å². The molecule has 0 saturated carbocycles. The van der Waals surface area contributed by atoms with Gasteiger partial charge in [-0.05, 0) is 24.3 Å². The fourth-order valence-corrected chi connectivity index (χ4v) is 3.44. The SMILES string of the molecule is CS(=O)(=O)N(CCC(=O)Nc1ccc(C#N)cc1)CCN1CCOCC1. The Kier molecular flexibility index (Phi) is 7.53. The van der Waals surface area contributed by atoms with Gasteiger partial charge >= 0.3 is 0 Å². The second-order valence-corrected chi connectivity index (χ2v) is 8.09. The number of anilines is 1. The third kappa shape index (κ3) is 6.72. The van der Waals surface area contributed by atoms with Gasteiger partial charge < -0.3 is 10.1 Å². The Labute approximate surface area is 154 Å². The summed E-state index contributed by atoms with van der Waals surface area (Å²) in [5.41, 5.74) is 1.09. The van der Waals surface area contributed by atoms with Crippen molar-refractivity contribution in [2.45, 2.75) is 6.42 Å². The van der Waals surface area contributed by atoms with Gasteiger partial charge in [0.1, 0.15) is 0 Å². The zero-order valence-corrected chi connectivity index (χ0v) is 15.7. The molecule has 1 N–H and O–H groups in total. The highest BCUT2D eigenvalue weighted by atomic mass is 32.2. The number of hydrogen-bond acceptors (Lipinski definition) is 6. The fourth-order valence-electron chi connectivity index (χ4n) is 2.60. The molecule has 1 amide bonds. The minimum Gasteiger partial charge on any atom is -0.379 e. The van der Waals surface area contributed by atoms with Crippen LogP contribution in [0.25, 0.3) is 0 Å². The van der Waals surface area contributed by atoms with E-state index in [1.807, 2.05) is 6.07 Å². The Morgan fingerprint density at radius 1 is 1.27 bits per heavy atom. The van der Waals surface area contributed by atoms with Gasteiger partial charge in [-0.1, -0.05) is 0 Å². The van der Waals surface area contributed by atoms with Gasteiger partial charge in [-0.2, -0.15) is 5.26 Å². The molecule has 9 heteroatoms. The van der Waals surface area contributed by atoms with E-state index in [9.17, 15) is 13.2 Å². The summed E-state index contributed by atoms with van der Waals surface area (Å²) in [4.78, 5) is 14.2. The van der Waals surface area contributed by atoms with Crippen LogP contribution < -0.4 is 5.32 Å². The van der Waals surface area contributed by atoms with E-state index in [1.165, 1.54) is 4.31 Å². The van der Waals surface area contributed by atoms with Gasteiger partial charge in [-0.15, -0.1) is 0 Å². The van der Waals surface area contributed by atoms with Crippen molar-refractivity contribution in [3.8, 4) is 6.07 Å². The lowest BCUT2D eigenvalue weighted by molar-refractivity contribution is -0.116. The smallest absolute Gasteiger partial charge is 0.225 e. The predicted octanol–water partition coefficient (Wildman–Crippen LogP) is 0.481. The molecule has 0 bridgehead atoms. The summed E-state index contributed by atoms with van der Waals surface area (Å²) in [6.45, 7) is 3.99. The van der Waals surface area contributed by atoms with Gasteiger partial charge in [0.2, 0.25) is 15.9 Å². The summed E-state index contributed by atoms with van der Waals surface area (Å²) < 4.78 is 30.5. The van der Waals surface area contributed by atoms with Gasteiger partial charge in [0.25, 0.3) is 0 Å². The lowest BCUT2D eigenvalue weighted by Crippen LogP contribution is -2.43. The Bertz CT molecular complexity index is 737. The molecule has 8 nitrogen and oxygen atoms in total. The van der Waals surface area contributed by atoms with Crippen LogP contribution in [0.4, 0.5) is 5.69 Å². The van der Waals surface area contributed by atoms with E-state index in [0.717, 1.165) is 19.3 Å². The number of benzene rings is 1. The average molecular weight is 380 g/mol. The zero-order valence-electron chi connectivity index (χ0n) is 14.8. The molecule has 142 valence electrons.